The van der Waals surface area contributed by atoms with Gasteiger partial charge in [-0.15, -0.1) is 0 Å². The molecule has 28 heavy (non-hydrogen) atoms. The molecule has 1 saturated heterocycles. The van der Waals surface area contributed by atoms with Gasteiger partial charge >= 0.3 is 0 Å². The van der Waals surface area contributed by atoms with Crippen LogP contribution in [0.3, 0.4) is 0 Å². The van der Waals surface area contributed by atoms with Gasteiger partial charge in [0.2, 0.25) is 5.91 Å². The highest BCUT2D eigenvalue weighted by atomic mass is 35.5. The van der Waals surface area contributed by atoms with E-state index in [4.69, 9.17) is 23.2 Å². The van der Waals surface area contributed by atoms with Crippen LogP contribution in [0.2, 0.25) is 10.0 Å². The predicted molar refractivity (Wildman–Crippen MR) is 118 cm³/mol. The normalized spacial score (nSPS) is 15.8. The first-order valence-electron chi connectivity index (χ1n) is 9.51. The zero-order valence-electron chi connectivity index (χ0n) is 15.8. The number of anilines is 1. The van der Waals surface area contributed by atoms with E-state index in [1.165, 1.54) is 5.56 Å². The van der Waals surface area contributed by atoms with Crippen LogP contribution >= 0.6 is 23.2 Å². The lowest BCUT2D eigenvalue weighted by Gasteiger charge is -2.34. The summed E-state index contributed by atoms with van der Waals surface area (Å²) in [6, 6.07) is 15.4. The van der Waals surface area contributed by atoms with Crippen LogP contribution in [-0.2, 0) is 4.79 Å². The first-order chi connectivity index (χ1) is 13.6. The van der Waals surface area contributed by atoms with Crippen molar-refractivity contribution in [1.29, 1.82) is 0 Å². The first-order valence-corrected chi connectivity index (χ1v) is 10.3. The van der Waals surface area contributed by atoms with Gasteiger partial charge in [0.25, 0.3) is 0 Å². The number of piperazine rings is 1. The third-order valence-corrected chi connectivity index (χ3v) is 5.36. The van der Waals surface area contributed by atoms with Crippen LogP contribution in [0.5, 0.6) is 0 Å². The molecule has 2 aromatic carbocycles. The van der Waals surface area contributed by atoms with Crippen molar-refractivity contribution in [3.63, 3.8) is 0 Å². The number of amides is 1. The summed E-state index contributed by atoms with van der Waals surface area (Å²) >= 11 is 12.0. The third kappa shape index (κ3) is 6.64. The number of rotatable bonds is 7. The van der Waals surface area contributed by atoms with Gasteiger partial charge in [0.1, 0.15) is 0 Å². The Morgan fingerprint density at radius 1 is 1.00 bits per heavy atom. The van der Waals surface area contributed by atoms with Crippen LogP contribution < -0.4 is 5.32 Å². The van der Waals surface area contributed by atoms with Gasteiger partial charge < -0.3 is 10.2 Å². The molecule has 1 N–H and O–H groups in total. The van der Waals surface area contributed by atoms with Gasteiger partial charge in [-0.05, 0) is 23.8 Å². The van der Waals surface area contributed by atoms with E-state index in [9.17, 15) is 4.79 Å². The van der Waals surface area contributed by atoms with Crippen molar-refractivity contribution >= 4 is 40.9 Å². The van der Waals surface area contributed by atoms with Gasteiger partial charge in [-0.3, -0.25) is 9.69 Å². The Hall–Kier alpha value is -1.85. The second-order valence-corrected chi connectivity index (χ2v) is 7.72. The van der Waals surface area contributed by atoms with E-state index < -0.39 is 0 Å². The fourth-order valence-corrected chi connectivity index (χ4v) is 3.50. The topological polar surface area (TPSA) is 35.6 Å². The molecule has 0 atom stereocenters. The molecule has 0 bridgehead atoms. The van der Waals surface area contributed by atoms with E-state index >= 15 is 0 Å². The molecule has 0 unspecified atom stereocenters. The fraction of sp³-hybridized carbons (Fsp3) is 0.318. The standard InChI is InChI=1S/C22H25Cl2N3O/c23-19-8-9-20(24)21(17-19)25-22(28)10-12-27-15-13-26(14-16-27)11-4-7-18-5-2-1-3-6-18/h1-9,17H,10-16H2,(H,25,28)/b7-4+. The Bertz CT molecular complexity index is 803. The lowest BCUT2D eigenvalue weighted by Crippen LogP contribution is -2.46. The average Bonchev–Trinajstić information content (AvgIpc) is 2.71. The van der Waals surface area contributed by atoms with Gasteiger partial charge in [0, 0.05) is 50.7 Å². The van der Waals surface area contributed by atoms with Crippen LogP contribution in [0.25, 0.3) is 6.08 Å². The molecule has 6 heteroatoms. The van der Waals surface area contributed by atoms with Crippen LogP contribution in [0.1, 0.15) is 12.0 Å². The first kappa shape index (κ1) is 20.9. The number of carbonyl (C=O) groups excluding carboxylic acids is 1. The van der Waals surface area contributed by atoms with Crippen LogP contribution in [0.4, 0.5) is 5.69 Å². The number of nitrogens with zero attached hydrogens (tertiary/aromatic N) is 2. The van der Waals surface area contributed by atoms with Gasteiger partial charge in [-0.25, -0.2) is 0 Å². The molecule has 148 valence electrons. The van der Waals surface area contributed by atoms with Crippen molar-refractivity contribution in [2.75, 3.05) is 44.6 Å². The van der Waals surface area contributed by atoms with E-state index in [0.29, 0.717) is 22.2 Å². The van der Waals surface area contributed by atoms with Gasteiger partial charge in [-0.2, -0.15) is 0 Å². The molecule has 0 radical (unpaired) electrons. The van der Waals surface area contributed by atoms with E-state index in [2.05, 4.69) is 51.5 Å². The monoisotopic (exact) mass is 417 g/mol. The molecule has 4 nitrogen and oxygen atoms in total. The maximum absolute atomic E-state index is 12.2. The summed E-state index contributed by atoms with van der Waals surface area (Å²) in [7, 11) is 0. The average molecular weight is 418 g/mol. The van der Waals surface area contributed by atoms with Crippen LogP contribution in [-0.4, -0.2) is 55.0 Å². The summed E-state index contributed by atoms with van der Waals surface area (Å²) < 4.78 is 0. The lowest BCUT2D eigenvalue weighted by atomic mass is 10.2. The molecule has 1 fully saturated rings. The number of hydrogen-bond donors (Lipinski definition) is 1. The number of benzene rings is 2. The highest BCUT2D eigenvalue weighted by Gasteiger charge is 2.17. The Kier molecular flexibility index (Phi) is 7.92. The molecule has 3 rings (SSSR count). The Labute approximate surface area is 176 Å². The zero-order valence-corrected chi connectivity index (χ0v) is 17.3. The smallest absolute Gasteiger partial charge is 0.225 e. The summed E-state index contributed by atoms with van der Waals surface area (Å²) in [6.45, 7) is 5.69. The van der Waals surface area contributed by atoms with Gasteiger partial charge in [0.15, 0.2) is 0 Å². The van der Waals surface area contributed by atoms with E-state index in [1.807, 2.05) is 6.07 Å². The highest BCUT2D eigenvalue weighted by molar-refractivity contribution is 6.35. The molecular formula is C22H25Cl2N3O. The Balaban J connectivity index is 1.35. The zero-order chi connectivity index (χ0) is 19.8. The van der Waals surface area contributed by atoms with E-state index in [-0.39, 0.29) is 5.91 Å². The van der Waals surface area contributed by atoms with Crippen molar-refractivity contribution in [2.45, 2.75) is 6.42 Å². The summed E-state index contributed by atoms with van der Waals surface area (Å²) in [6.07, 6.45) is 4.82. The molecule has 2 aromatic rings. The van der Waals surface area contributed by atoms with E-state index in [0.717, 1.165) is 39.3 Å². The van der Waals surface area contributed by atoms with Gasteiger partial charge in [0.05, 0.1) is 10.7 Å². The number of nitrogens with one attached hydrogen (secondary N) is 1. The molecule has 1 aliphatic rings. The van der Waals surface area contributed by atoms with Crippen molar-refractivity contribution < 1.29 is 4.79 Å². The minimum absolute atomic E-state index is 0.0441. The maximum atomic E-state index is 12.2. The minimum Gasteiger partial charge on any atom is -0.325 e. The largest absolute Gasteiger partial charge is 0.325 e. The fourth-order valence-electron chi connectivity index (χ4n) is 3.16. The van der Waals surface area contributed by atoms with Gasteiger partial charge in [-0.1, -0.05) is 65.7 Å². The predicted octanol–water partition coefficient (Wildman–Crippen LogP) is 4.65. The van der Waals surface area contributed by atoms with E-state index in [1.54, 1.807) is 18.2 Å². The maximum Gasteiger partial charge on any atom is 0.225 e. The second-order valence-electron chi connectivity index (χ2n) is 6.88. The molecule has 1 amide bonds. The van der Waals surface area contributed by atoms with Crippen molar-refractivity contribution in [2.24, 2.45) is 0 Å². The Morgan fingerprint density at radius 2 is 1.71 bits per heavy atom. The lowest BCUT2D eigenvalue weighted by molar-refractivity contribution is -0.116. The molecule has 0 spiro atoms. The molecule has 0 aliphatic carbocycles. The molecule has 0 saturated carbocycles. The summed E-state index contributed by atoms with van der Waals surface area (Å²) in [5.74, 6) is -0.0441. The molecular weight excluding hydrogens is 393 g/mol. The third-order valence-electron chi connectivity index (χ3n) is 4.80. The van der Waals surface area contributed by atoms with Crippen molar-refractivity contribution in [3.8, 4) is 0 Å². The minimum atomic E-state index is -0.0441. The van der Waals surface area contributed by atoms with Crippen molar-refractivity contribution in [3.05, 3.63) is 70.2 Å². The highest BCUT2D eigenvalue weighted by Crippen LogP contribution is 2.25. The summed E-state index contributed by atoms with van der Waals surface area (Å²) in [5.41, 5.74) is 1.79. The number of halogens is 2. The van der Waals surface area contributed by atoms with Crippen molar-refractivity contribution in [1.82, 2.24) is 9.80 Å². The van der Waals surface area contributed by atoms with Crippen LogP contribution in [0, 0.1) is 0 Å². The second kappa shape index (κ2) is 10.6. The SMILES string of the molecule is O=C(CCN1CCN(C/C=C/c2ccccc2)CC1)Nc1cc(Cl)ccc1Cl. The van der Waals surface area contributed by atoms with Crippen LogP contribution in [0.15, 0.2) is 54.6 Å². The number of hydrogen-bond acceptors (Lipinski definition) is 3. The molecule has 1 heterocycles. The molecule has 0 aromatic heterocycles. The summed E-state index contributed by atoms with van der Waals surface area (Å²) in [4.78, 5) is 17.0. The summed E-state index contributed by atoms with van der Waals surface area (Å²) in [5, 5.41) is 3.89. The Morgan fingerprint density at radius 3 is 2.46 bits per heavy atom. The number of carbonyl (C=O) groups is 1. The molecule has 1 aliphatic heterocycles. The quantitative estimate of drug-likeness (QED) is 0.711.